The highest BCUT2D eigenvalue weighted by atomic mass is 19.2. The van der Waals surface area contributed by atoms with E-state index in [4.69, 9.17) is 0 Å². The molecule has 2 aromatic rings. The van der Waals surface area contributed by atoms with E-state index in [1.165, 1.54) is 6.07 Å². The van der Waals surface area contributed by atoms with Crippen molar-refractivity contribution >= 4 is 0 Å². The zero-order valence-electron chi connectivity index (χ0n) is 11.3. The maximum Gasteiger partial charge on any atom is 0.194 e. The van der Waals surface area contributed by atoms with Gasteiger partial charge in [-0.2, -0.15) is 0 Å². The molecular weight excluding hydrogens is 265 g/mol. The first-order valence-electron chi connectivity index (χ1n) is 6.34. The molecule has 0 saturated carbocycles. The second-order valence-corrected chi connectivity index (χ2v) is 4.46. The van der Waals surface area contributed by atoms with Gasteiger partial charge < -0.3 is 5.32 Å². The first-order valence-corrected chi connectivity index (χ1v) is 6.34. The standard InChI is InChI=1S/C15H15F3N2/c1-3-19-15(14-9(2)5-4-8-20-14)10-6-7-11(16)13(18)12(10)17/h4-8,15,19H,3H2,1-2H3. The van der Waals surface area contributed by atoms with Gasteiger partial charge in [-0.15, -0.1) is 0 Å². The van der Waals surface area contributed by atoms with E-state index in [1.54, 1.807) is 12.3 Å². The smallest absolute Gasteiger partial charge is 0.194 e. The van der Waals surface area contributed by atoms with Gasteiger partial charge in [0.2, 0.25) is 0 Å². The number of nitrogens with one attached hydrogen (secondary N) is 1. The van der Waals surface area contributed by atoms with Gasteiger partial charge in [0.15, 0.2) is 17.5 Å². The van der Waals surface area contributed by atoms with Crippen molar-refractivity contribution in [3.63, 3.8) is 0 Å². The molecule has 0 saturated heterocycles. The highest BCUT2D eigenvalue weighted by molar-refractivity contribution is 5.33. The van der Waals surface area contributed by atoms with E-state index in [-0.39, 0.29) is 5.56 Å². The van der Waals surface area contributed by atoms with Crippen LogP contribution in [-0.2, 0) is 0 Å². The van der Waals surface area contributed by atoms with E-state index in [0.717, 1.165) is 11.6 Å². The molecule has 0 radical (unpaired) electrons. The second-order valence-electron chi connectivity index (χ2n) is 4.46. The third-order valence-corrected chi connectivity index (χ3v) is 3.11. The zero-order valence-corrected chi connectivity index (χ0v) is 11.3. The zero-order chi connectivity index (χ0) is 14.7. The molecule has 20 heavy (non-hydrogen) atoms. The van der Waals surface area contributed by atoms with Gasteiger partial charge in [-0.1, -0.05) is 19.1 Å². The molecule has 1 N–H and O–H groups in total. The van der Waals surface area contributed by atoms with Crippen LogP contribution in [0.3, 0.4) is 0 Å². The number of hydrogen-bond donors (Lipinski definition) is 1. The molecule has 0 spiro atoms. The molecule has 2 nitrogen and oxygen atoms in total. The van der Waals surface area contributed by atoms with E-state index in [0.29, 0.717) is 12.2 Å². The van der Waals surface area contributed by atoms with Gasteiger partial charge in [-0.25, -0.2) is 13.2 Å². The van der Waals surface area contributed by atoms with Gasteiger partial charge >= 0.3 is 0 Å². The Bertz CT molecular complexity index is 614. The highest BCUT2D eigenvalue weighted by Gasteiger charge is 2.23. The Morgan fingerprint density at radius 2 is 1.90 bits per heavy atom. The van der Waals surface area contributed by atoms with Gasteiger partial charge in [0.1, 0.15) is 0 Å². The van der Waals surface area contributed by atoms with Gasteiger partial charge in [-0.05, 0) is 31.2 Å². The minimum Gasteiger partial charge on any atom is -0.305 e. The summed E-state index contributed by atoms with van der Waals surface area (Å²) in [6.45, 7) is 4.23. The van der Waals surface area contributed by atoms with Crippen molar-refractivity contribution in [1.29, 1.82) is 0 Å². The maximum absolute atomic E-state index is 14.0. The molecule has 106 valence electrons. The minimum atomic E-state index is -1.46. The fourth-order valence-corrected chi connectivity index (χ4v) is 2.12. The first kappa shape index (κ1) is 14.5. The molecule has 1 heterocycles. The summed E-state index contributed by atoms with van der Waals surface area (Å²) in [5.74, 6) is -3.83. The first-order chi connectivity index (χ1) is 9.56. The quantitative estimate of drug-likeness (QED) is 0.867. The van der Waals surface area contributed by atoms with E-state index in [9.17, 15) is 13.2 Å². The number of aryl methyl sites for hydroxylation is 1. The van der Waals surface area contributed by atoms with Crippen molar-refractivity contribution in [2.75, 3.05) is 6.54 Å². The molecule has 1 unspecified atom stereocenters. The highest BCUT2D eigenvalue weighted by Crippen LogP contribution is 2.27. The second kappa shape index (κ2) is 6.05. The average molecular weight is 280 g/mol. The summed E-state index contributed by atoms with van der Waals surface area (Å²) in [6, 6.07) is 5.16. The Balaban J connectivity index is 2.55. The number of benzene rings is 1. The molecule has 0 fully saturated rings. The van der Waals surface area contributed by atoms with Crippen molar-refractivity contribution in [2.45, 2.75) is 19.9 Å². The summed E-state index contributed by atoms with van der Waals surface area (Å²) in [7, 11) is 0. The van der Waals surface area contributed by atoms with Crippen LogP contribution >= 0.6 is 0 Å². The molecular formula is C15H15F3N2. The lowest BCUT2D eigenvalue weighted by atomic mass is 9.99. The Hall–Kier alpha value is -1.88. The number of rotatable bonds is 4. The topological polar surface area (TPSA) is 24.9 Å². The van der Waals surface area contributed by atoms with E-state index in [1.807, 2.05) is 19.9 Å². The number of nitrogens with zero attached hydrogens (tertiary/aromatic N) is 1. The molecule has 0 aliphatic heterocycles. The predicted octanol–water partition coefficient (Wildman–Crippen LogP) is 3.51. The van der Waals surface area contributed by atoms with Crippen LogP contribution in [0.1, 0.15) is 29.8 Å². The third-order valence-electron chi connectivity index (χ3n) is 3.11. The summed E-state index contributed by atoms with van der Waals surface area (Å²) >= 11 is 0. The number of pyridine rings is 1. The van der Waals surface area contributed by atoms with Crippen LogP contribution in [0.25, 0.3) is 0 Å². The number of hydrogen-bond acceptors (Lipinski definition) is 2. The van der Waals surface area contributed by atoms with Gasteiger partial charge in [-0.3, -0.25) is 4.98 Å². The lowest BCUT2D eigenvalue weighted by Crippen LogP contribution is -2.25. The molecule has 0 amide bonds. The van der Waals surface area contributed by atoms with Crippen LogP contribution in [0.5, 0.6) is 0 Å². The van der Waals surface area contributed by atoms with Crippen molar-refractivity contribution in [3.8, 4) is 0 Å². The average Bonchev–Trinajstić information content (AvgIpc) is 2.44. The fraction of sp³-hybridized carbons (Fsp3) is 0.267. The summed E-state index contributed by atoms with van der Waals surface area (Å²) in [6.07, 6.45) is 1.59. The Labute approximate surface area is 115 Å². The fourth-order valence-electron chi connectivity index (χ4n) is 2.12. The SMILES string of the molecule is CCNC(c1ccc(F)c(F)c1F)c1ncccc1C. The van der Waals surface area contributed by atoms with Crippen molar-refractivity contribution < 1.29 is 13.2 Å². The molecule has 0 aliphatic carbocycles. The molecule has 5 heteroatoms. The van der Waals surface area contributed by atoms with Crippen molar-refractivity contribution in [1.82, 2.24) is 10.3 Å². The van der Waals surface area contributed by atoms with Crippen LogP contribution in [0, 0.1) is 24.4 Å². The lowest BCUT2D eigenvalue weighted by Gasteiger charge is -2.20. The third kappa shape index (κ3) is 2.67. The molecule has 1 aromatic carbocycles. The molecule has 1 atom stereocenters. The molecule has 2 rings (SSSR count). The van der Waals surface area contributed by atoms with Crippen LogP contribution < -0.4 is 5.32 Å². The molecule has 1 aromatic heterocycles. The Morgan fingerprint density at radius 1 is 1.15 bits per heavy atom. The minimum absolute atomic E-state index is 0.0487. The Kier molecular flexibility index (Phi) is 4.39. The predicted molar refractivity (Wildman–Crippen MR) is 70.8 cm³/mol. The largest absolute Gasteiger partial charge is 0.305 e. The lowest BCUT2D eigenvalue weighted by molar-refractivity contribution is 0.432. The van der Waals surface area contributed by atoms with E-state index < -0.39 is 23.5 Å². The van der Waals surface area contributed by atoms with Gasteiger partial charge in [0.05, 0.1) is 11.7 Å². The Morgan fingerprint density at radius 3 is 2.55 bits per heavy atom. The van der Waals surface area contributed by atoms with Gasteiger partial charge in [0, 0.05) is 11.8 Å². The van der Waals surface area contributed by atoms with Crippen molar-refractivity contribution in [3.05, 3.63) is 64.7 Å². The monoisotopic (exact) mass is 280 g/mol. The van der Waals surface area contributed by atoms with Crippen LogP contribution in [0.2, 0.25) is 0 Å². The maximum atomic E-state index is 14.0. The number of aromatic nitrogens is 1. The van der Waals surface area contributed by atoms with Crippen LogP contribution in [-0.4, -0.2) is 11.5 Å². The van der Waals surface area contributed by atoms with Crippen LogP contribution in [0.15, 0.2) is 30.5 Å². The molecule has 0 bridgehead atoms. The summed E-state index contributed by atoms with van der Waals surface area (Å²) in [5, 5.41) is 3.05. The van der Waals surface area contributed by atoms with Gasteiger partial charge in [0.25, 0.3) is 0 Å². The van der Waals surface area contributed by atoms with E-state index in [2.05, 4.69) is 10.3 Å². The normalized spacial score (nSPS) is 12.4. The van der Waals surface area contributed by atoms with Crippen molar-refractivity contribution in [2.24, 2.45) is 0 Å². The summed E-state index contributed by atoms with van der Waals surface area (Å²) in [5.41, 5.74) is 1.49. The molecule has 0 aliphatic rings. The van der Waals surface area contributed by atoms with E-state index >= 15 is 0 Å². The summed E-state index contributed by atoms with van der Waals surface area (Å²) < 4.78 is 40.4. The van der Waals surface area contributed by atoms with Crippen LogP contribution in [0.4, 0.5) is 13.2 Å². The summed E-state index contributed by atoms with van der Waals surface area (Å²) in [4.78, 5) is 4.22. The number of halogens is 3.